The summed E-state index contributed by atoms with van der Waals surface area (Å²) >= 11 is 0. The number of anilines is 2. The summed E-state index contributed by atoms with van der Waals surface area (Å²) in [5, 5.41) is 0. The third-order valence-corrected chi connectivity index (χ3v) is 3.88. The number of nitrogens with two attached hydrogens (primary N) is 1. The van der Waals surface area contributed by atoms with Gasteiger partial charge in [0.15, 0.2) is 0 Å². The molecule has 0 unspecified atom stereocenters. The minimum atomic E-state index is -0.554. The fourth-order valence-corrected chi connectivity index (χ4v) is 2.81. The summed E-state index contributed by atoms with van der Waals surface area (Å²) in [6.45, 7) is 2.66. The van der Waals surface area contributed by atoms with Crippen LogP contribution in [0.4, 0.5) is 15.8 Å². The van der Waals surface area contributed by atoms with Crippen molar-refractivity contribution in [3.8, 4) is 0 Å². The molecule has 4 heteroatoms. The highest BCUT2D eigenvalue weighted by Gasteiger charge is 2.25. The molecular formula is C17H17FN2O. The number of amides is 1. The summed E-state index contributed by atoms with van der Waals surface area (Å²) in [5.74, 6) is -0.793. The van der Waals surface area contributed by atoms with Crippen LogP contribution in [-0.4, -0.2) is 12.5 Å². The Morgan fingerprint density at radius 3 is 2.90 bits per heavy atom. The average molecular weight is 284 g/mol. The second-order valence-electron chi connectivity index (χ2n) is 5.39. The molecule has 0 radical (unpaired) electrons. The van der Waals surface area contributed by atoms with Crippen molar-refractivity contribution in [1.82, 2.24) is 0 Å². The van der Waals surface area contributed by atoms with Crippen LogP contribution in [0.15, 0.2) is 36.4 Å². The topological polar surface area (TPSA) is 46.3 Å². The van der Waals surface area contributed by atoms with Gasteiger partial charge in [-0.1, -0.05) is 23.8 Å². The van der Waals surface area contributed by atoms with Crippen LogP contribution in [0.3, 0.4) is 0 Å². The summed E-state index contributed by atoms with van der Waals surface area (Å²) in [5.41, 5.74) is 9.09. The summed E-state index contributed by atoms with van der Waals surface area (Å²) in [6.07, 6.45) is 1.86. The van der Waals surface area contributed by atoms with Crippen molar-refractivity contribution in [3.63, 3.8) is 0 Å². The highest BCUT2D eigenvalue weighted by Crippen LogP contribution is 2.30. The molecule has 0 saturated heterocycles. The van der Waals surface area contributed by atoms with Gasteiger partial charge in [-0.2, -0.15) is 0 Å². The Hall–Kier alpha value is -2.36. The number of para-hydroxylation sites is 1. The van der Waals surface area contributed by atoms with Crippen molar-refractivity contribution in [2.75, 3.05) is 17.2 Å². The molecule has 3 rings (SSSR count). The van der Waals surface area contributed by atoms with Crippen molar-refractivity contribution < 1.29 is 9.18 Å². The highest BCUT2D eigenvalue weighted by molar-refractivity contribution is 6.09. The van der Waals surface area contributed by atoms with E-state index in [-0.39, 0.29) is 17.2 Å². The molecule has 1 aliphatic heterocycles. The number of fused-ring (bicyclic) bond motifs is 1. The molecule has 0 aliphatic carbocycles. The fourth-order valence-electron chi connectivity index (χ4n) is 2.81. The third kappa shape index (κ3) is 2.37. The Morgan fingerprint density at radius 2 is 2.10 bits per heavy atom. The number of rotatable bonds is 1. The Kier molecular flexibility index (Phi) is 3.37. The van der Waals surface area contributed by atoms with Crippen molar-refractivity contribution >= 4 is 17.3 Å². The van der Waals surface area contributed by atoms with Gasteiger partial charge in [0.1, 0.15) is 5.82 Å². The van der Waals surface area contributed by atoms with Crippen molar-refractivity contribution in [2.45, 2.75) is 19.8 Å². The van der Waals surface area contributed by atoms with Crippen LogP contribution >= 0.6 is 0 Å². The molecule has 0 spiro atoms. The standard InChI is InChI=1S/C17H17FN2O/c1-11-7-8-15-12(10-11)4-3-9-20(15)17(21)13-5-2-6-14(18)16(13)19/h2,5-8,10H,3-4,9,19H2,1H3. The smallest absolute Gasteiger partial charge is 0.260 e. The van der Waals surface area contributed by atoms with E-state index in [0.29, 0.717) is 6.54 Å². The minimum absolute atomic E-state index is 0.0817. The van der Waals surface area contributed by atoms with E-state index in [2.05, 4.69) is 6.07 Å². The lowest BCUT2D eigenvalue weighted by Crippen LogP contribution is -2.36. The zero-order valence-electron chi connectivity index (χ0n) is 11.9. The first-order chi connectivity index (χ1) is 10.1. The molecule has 0 aromatic heterocycles. The zero-order valence-corrected chi connectivity index (χ0v) is 11.9. The fraction of sp³-hybridized carbons (Fsp3) is 0.235. The maximum atomic E-state index is 13.6. The maximum Gasteiger partial charge on any atom is 0.260 e. The third-order valence-electron chi connectivity index (χ3n) is 3.88. The lowest BCUT2D eigenvalue weighted by atomic mass is 9.98. The lowest BCUT2D eigenvalue weighted by molar-refractivity contribution is 0.0985. The number of hydrogen-bond donors (Lipinski definition) is 1. The first-order valence-electron chi connectivity index (χ1n) is 7.03. The molecule has 2 N–H and O–H groups in total. The molecule has 108 valence electrons. The number of aryl methyl sites for hydroxylation is 2. The van der Waals surface area contributed by atoms with Gasteiger partial charge >= 0.3 is 0 Å². The van der Waals surface area contributed by atoms with Crippen LogP contribution in [0.25, 0.3) is 0 Å². The molecule has 2 aromatic rings. The number of carbonyl (C=O) groups is 1. The van der Waals surface area contributed by atoms with E-state index in [9.17, 15) is 9.18 Å². The molecule has 1 amide bonds. The normalized spacial score (nSPS) is 13.9. The number of hydrogen-bond acceptors (Lipinski definition) is 2. The van der Waals surface area contributed by atoms with Crippen LogP contribution in [-0.2, 0) is 6.42 Å². The summed E-state index contributed by atoms with van der Waals surface area (Å²) in [7, 11) is 0. The largest absolute Gasteiger partial charge is 0.396 e. The van der Waals surface area contributed by atoms with E-state index in [1.165, 1.54) is 17.7 Å². The van der Waals surface area contributed by atoms with E-state index in [4.69, 9.17) is 5.73 Å². The summed E-state index contributed by atoms with van der Waals surface area (Å²) < 4.78 is 13.6. The Morgan fingerprint density at radius 1 is 1.29 bits per heavy atom. The van der Waals surface area contributed by atoms with Crippen LogP contribution < -0.4 is 10.6 Å². The average Bonchev–Trinajstić information content (AvgIpc) is 2.48. The predicted molar refractivity (Wildman–Crippen MR) is 82.0 cm³/mol. The summed E-state index contributed by atoms with van der Waals surface area (Å²) in [6, 6.07) is 10.4. The number of nitrogen functional groups attached to an aromatic ring is 1. The van der Waals surface area contributed by atoms with Crippen molar-refractivity contribution in [2.24, 2.45) is 0 Å². The quantitative estimate of drug-likeness (QED) is 0.817. The van der Waals surface area contributed by atoms with E-state index >= 15 is 0 Å². The molecule has 3 nitrogen and oxygen atoms in total. The van der Waals surface area contributed by atoms with E-state index in [1.54, 1.807) is 11.0 Å². The SMILES string of the molecule is Cc1ccc2c(c1)CCCN2C(=O)c1cccc(F)c1N. The van der Waals surface area contributed by atoms with Crippen LogP contribution in [0.2, 0.25) is 0 Å². The van der Waals surface area contributed by atoms with E-state index < -0.39 is 5.82 Å². The van der Waals surface area contributed by atoms with Gasteiger partial charge in [-0.05, 0) is 43.5 Å². The van der Waals surface area contributed by atoms with Crippen molar-refractivity contribution in [1.29, 1.82) is 0 Å². The molecule has 0 saturated carbocycles. The van der Waals surface area contributed by atoms with Gasteiger partial charge in [-0.25, -0.2) is 4.39 Å². The molecule has 21 heavy (non-hydrogen) atoms. The first-order valence-corrected chi connectivity index (χ1v) is 7.03. The van der Waals surface area contributed by atoms with Gasteiger partial charge in [-0.15, -0.1) is 0 Å². The number of nitrogens with zero attached hydrogens (tertiary/aromatic N) is 1. The minimum Gasteiger partial charge on any atom is -0.396 e. The number of benzene rings is 2. The summed E-state index contributed by atoms with van der Waals surface area (Å²) in [4.78, 5) is 14.4. The lowest BCUT2D eigenvalue weighted by Gasteiger charge is -2.30. The predicted octanol–water partition coefficient (Wildman–Crippen LogP) is 3.31. The Labute approximate surface area is 123 Å². The van der Waals surface area contributed by atoms with Gasteiger partial charge in [0.05, 0.1) is 11.3 Å². The Balaban J connectivity index is 2.02. The second-order valence-corrected chi connectivity index (χ2v) is 5.39. The van der Waals surface area contributed by atoms with Crippen LogP contribution in [0.1, 0.15) is 27.9 Å². The van der Waals surface area contributed by atoms with Crippen LogP contribution in [0, 0.1) is 12.7 Å². The van der Waals surface area contributed by atoms with Gasteiger partial charge < -0.3 is 10.6 Å². The van der Waals surface area contributed by atoms with Gasteiger partial charge in [0.2, 0.25) is 0 Å². The molecule has 0 bridgehead atoms. The molecular weight excluding hydrogens is 267 g/mol. The van der Waals surface area contributed by atoms with Crippen LogP contribution in [0.5, 0.6) is 0 Å². The molecule has 1 heterocycles. The van der Waals surface area contributed by atoms with E-state index in [0.717, 1.165) is 24.1 Å². The number of halogens is 1. The molecule has 1 aliphatic rings. The Bertz CT molecular complexity index is 712. The van der Waals surface area contributed by atoms with Gasteiger partial charge in [-0.3, -0.25) is 4.79 Å². The van der Waals surface area contributed by atoms with Gasteiger partial charge in [0, 0.05) is 12.2 Å². The number of carbonyl (C=O) groups excluding carboxylic acids is 1. The van der Waals surface area contributed by atoms with Crippen molar-refractivity contribution in [3.05, 3.63) is 58.9 Å². The maximum absolute atomic E-state index is 13.6. The molecule has 0 atom stereocenters. The molecule has 2 aromatic carbocycles. The van der Waals surface area contributed by atoms with Gasteiger partial charge in [0.25, 0.3) is 5.91 Å². The monoisotopic (exact) mass is 284 g/mol. The molecule has 0 fully saturated rings. The second kappa shape index (κ2) is 5.20. The first kappa shape index (κ1) is 13.6. The zero-order chi connectivity index (χ0) is 15.0. The highest BCUT2D eigenvalue weighted by atomic mass is 19.1. The van der Waals surface area contributed by atoms with E-state index in [1.807, 2.05) is 19.1 Å².